The monoisotopic (exact) mass is 528 g/mol. The number of nitrogens with one attached hydrogen (secondary N) is 2. The predicted octanol–water partition coefficient (Wildman–Crippen LogP) is 2.43. The van der Waals surface area contributed by atoms with E-state index in [-0.39, 0.29) is 41.8 Å². The van der Waals surface area contributed by atoms with Gasteiger partial charge in [-0.25, -0.2) is 10.2 Å². The largest absolute Gasteiger partial charge is 0.503 e. The van der Waals surface area contributed by atoms with Crippen LogP contribution in [0, 0.1) is 0 Å². The van der Waals surface area contributed by atoms with Crippen molar-refractivity contribution in [1.82, 2.24) is 19.1 Å². The van der Waals surface area contributed by atoms with Gasteiger partial charge >= 0.3 is 5.69 Å². The lowest BCUT2D eigenvalue weighted by Crippen LogP contribution is -2.29. The zero-order valence-corrected chi connectivity index (χ0v) is 19.9. The number of hydrogen-bond acceptors (Lipinski definition) is 8. The first-order valence-electron chi connectivity index (χ1n) is 10.1. The van der Waals surface area contributed by atoms with E-state index >= 15 is 0 Å². The Morgan fingerprint density at radius 2 is 2.03 bits per heavy atom. The van der Waals surface area contributed by atoms with Crippen LogP contribution in [0.5, 0.6) is 17.2 Å². The van der Waals surface area contributed by atoms with Crippen LogP contribution in [0.4, 0.5) is 5.95 Å². The normalized spacial score (nSPS) is 11.3. The maximum absolute atomic E-state index is 12.6. The number of hydrogen-bond donors (Lipinski definition) is 3. The van der Waals surface area contributed by atoms with Gasteiger partial charge in [-0.05, 0) is 45.8 Å². The first-order chi connectivity index (χ1) is 16.4. The molecule has 11 nitrogen and oxygen atoms in total. The van der Waals surface area contributed by atoms with E-state index < -0.39 is 11.2 Å². The molecular formula is C22H21BrN6O5. The van der Waals surface area contributed by atoms with Crippen LogP contribution in [-0.4, -0.2) is 44.1 Å². The van der Waals surface area contributed by atoms with E-state index in [0.29, 0.717) is 15.8 Å². The highest BCUT2D eigenvalue weighted by Crippen LogP contribution is 2.34. The number of aryl methyl sites for hydroxylation is 1. The molecule has 4 aromatic rings. The number of phenolic OH excluding ortho intramolecular Hbond substituents is 1. The minimum absolute atomic E-state index is 0.0204. The van der Waals surface area contributed by atoms with E-state index in [0.717, 1.165) is 0 Å². The van der Waals surface area contributed by atoms with Crippen LogP contribution in [0.2, 0.25) is 0 Å². The quantitative estimate of drug-likeness (QED) is 0.236. The number of phenols is 1. The summed E-state index contributed by atoms with van der Waals surface area (Å²) >= 11 is 3.27. The van der Waals surface area contributed by atoms with E-state index in [4.69, 9.17) is 9.47 Å². The van der Waals surface area contributed by atoms with E-state index in [1.54, 1.807) is 16.7 Å². The second-order valence-corrected chi connectivity index (χ2v) is 8.02. The number of aromatic hydroxyl groups is 1. The predicted molar refractivity (Wildman–Crippen MR) is 131 cm³/mol. The standard InChI is InChI=1S/C22H21BrN6O5/c1-28-19-17(20(31)26-22(28)32)29(8-9-34-14-6-4-3-5-7-14)21(25-19)27-24-12-13-10-15(23)18(30)16(11-13)33-2/h3-7,10-12,30H,8-9H2,1-2H3,(H,25,27)(H,26,31,32). The number of aromatic nitrogens is 4. The van der Waals surface area contributed by atoms with Crippen molar-refractivity contribution in [2.45, 2.75) is 6.54 Å². The Balaban J connectivity index is 1.65. The molecule has 0 aliphatic heterocycles. The number of nitrogens with zero attached hydrogens (tertiary/aromatic N) is 4. The van der Waals surface area contributed by atoms with Crippen molar-refractivity contribution in [2.75, 3.05) is 19.1 Å². The van der Waals surface area contributed by atoms with Crippen LogP contribution >= 0.6 is 15.9 Å². The third-order valence-electron chi connectivity index (χ3n) is 4.98. The Bertz CT molecular complexity index is 1480. The maximum Gasteiger partial charge on any atom is 0.329 e. The second kappa shape index (κ2) is 9.83. The third kappa shape index (κ3) is 4.66. The number of ether oxygens (including phenoxy) is 2. The summed E-state index contributed by atoms with van der Waals surface area (Å²) in [7, 11) is 2.97. The number of fused-ring (bicyclic) bond motifs is 1. The Morgan fingerprint density at radius 1 is 1.26 bits per heavy atom. The molecule has 0 bridgehead atoms. The molecule has 0 radical (unpaired) electrons. The number of methoxy groups -OCH3 is 1. The highest BCUT2D eigenvalue weighted by atomic mass is 79.9. The molecule has 2 aromatic heterocycles. The molecule has 3 N–H and O–H groups in total. The number of aromatic amines is 1. The van der Waals surface area contributed by atoms with E-state index in [1.807, 2.05) is 30.3 Å². The van der Waals surface area contributed by atoms with Gasteiger partial charge in [-0.1, -0.05) is 18.2 Å². The molecule has 0 atom stereocenters. The van der Waals surface area contributed by atoms with Gasteiger partial charge in [0.1, 0.15) is 12.4 Å². The number of imidazole rings is 1. The van der Waals surface area contributed by atoms with Crippen LogP contribution in [0.15, 0.2) is 61.6 Å². The van der Waals surface area contributed by atoms with Gasteiger partial charge < -0.3 is 14.6 Å². The van der Waals surface area contributed by atoms with Crippen LogP contribution < -0.4 is 26.1 Å². The first kappa shape index (κ1) is 23.1. The van der Waals surface area contributed by atoms with Gasteiger partial charge in [0.15, 0.2) is 22.7 Å². The van der Waals surface area contributed by atoms with Crippen molar-refractivity contribution in [1.29, 1.82) is 0 Å². The molecule has 2 heterocycles. The second-order valence-electron chi connectivity index (χ2n) is 7.16. The van der Waals surface area contributed by atoms with Gasteiger partial charge in [-0.15, -0.1) is 0 Å². The molecule has 0 fully saturated rings. The molecule has 0 saturated carbocycles. The fourth-order valence-electron chi connectivity index (χ4n) is 3.30. The van der Waals surface area contributed by atoms with E-state index in [9.17, 15) is 14.7 Å². The molecule has 4 rings (SSSR count). The third-order valence-corrected chi connectivity index (χ3v) is 5.59. The lowest BCUT2D eigenvalue weighted by molar-refractivity contribution is 0.301. The lowest BCUT2D eigenvalue weighted by Gasteiger charge is -2.10. The van der Waals surface area contributed by atoms with Crippen molar-refractivity contribution < 1.29 is 14.6 Å². The van der Waals surface area contributed by atoms with Crippen LogP contribution in [0.1, 0.15) is 5.56 Å². The Kier molecular flexibility index (Phi) is 6.68. The molecule has 0 saturated heterocycles. The van der Waals surface area contributed by atoms with E-state index in [1.165, 1.54) is 24.9 Å². The number of para-hydroxylation sites is 1. The molecule has 12 heteroatoms. The number of benzene rings is 2. The lowest BCUT2D eigenvalue weighted by atomic mass is 10.2. The molecule has 0 aliphatic carbocycles. The number of halogens is 1. The van der Waals surface area contributed by atoms with Crippen LogP contribution in [0.25, 0.3) is 11.2 Å². The van der Waals surface area contributed by atoms with E-state index in [2.05, 4.69) is 36.4 Å². The smallest absolute Gasteiger partial charge is 0.329 e. The number of anilines is 1. The molecule has 2 aromatic carbocycles. The van der Waals surface area contributed by atoms with Crippen molar-refractivity contribution in [3.8, 4) is 17.2 Å². The minimum atomic E-state index is -0.571. The summed E-state index contributed by atoms with van der Waals surface area (Å²) in [5, 5.41) is 14.2. The van der Waals surface area contributed by atoms with Gasteiger partial charge in [-0.2, -0.15) is 10.1 Å². The minimum Gasteiger partial charge on any atom is -0.503 e. The zero-order valence-electron chi connectivity index (χ0n) is 18.3. The summed E-state index contributed by atoms with van der Waals surface area (Å²) in [5.74, 6) is 1.20. The van der Waals surface area contributed by atoms with Gasteiger partial charge in [-0.3, -0.25) is 18.9 Å². The summed E-state index contributed by atoms with van der Waals surface area (Å²) in [4.78, 5) is 31.3. The van der Waals surface area contributed by atoms with Crippen molar-refractivity contribution >= 4 is 39.3 Å². The number of H-pyrrole nitrogens is 1. The summed E-state index contributed by atoms with van der Waals surface area (Å²) < 4.78 is 14.2. The first-order valence-corrected chi connectivity index (χ1v) is 10.9. The Labute approximate surface area is 201 Å². The molecule has 0 amide bonds. The molecule has 34 heavy (non-hydrogen) atoms. The fraction of sp³-hybridized carbons (Fsp3) is 0.182. The molecular weight excluding hydrogens is 508 g/mol. The molecule has 0 spiro atoms. The molecule has 0 aliphatic rings. The summed E-state index contributed by atoms with van der Waals surface area (Å²) in [6.07, 6.45) is 1.50. The maximum atomic E-state index is 12.6. The van der Waals surface area contributed by atoms with Gasteiger partial charge in [0.2, 0.25) is 5.95 Å². The van der Waals surface area contributed by atoms with Crippen molar-refractivity contribution in [3.63, 3.8) is 0 Å². The Morgan fingerprint density at radius 3 is 2.76 bits per heavy atom. The fourth-order valence-corrected chi connectivity index (χ4v) is 3.76. The summed E-state index contributed by atoms with van der Waals surface area (Å²) in [5.41, 5.74) is 2.75. The zero-order chi connectivity index (χ0) is 24.2. The van der Waals surface area contributed by atoms with Gasteiger partial charge in [0.05, 0.1) is 24.3 Å². The van der Waals surface area contributed by atoms with Crippen molar-refractivity contribution in [2.24, 2.45) is 12.1 Å². The summed E-state index contributed by atoms with van der Waals surface area (Å²) in [6, 6.07) is 12.5. The Hall–Kier alpha value is -4.06. The van der Waals surface area contributed by atoms with Crippen LogP contribution in [0.3, 0.4) is 0 Å². The SMILES string of the molecule is COc1cc(C=NNc2nc3c(c(=O)[nH]c(=O)n3C)n2CCOc2ccccc2)cc(Br)c1O. The average Bonchev–Trinajstić information content (AvgIpc) is 3.19. The molecule has 176 valence electrons. The highest BCUT2D eigenvalue weighted by molar-refractivity contribution is 9.10. The highest BCUT2D eigenvalue weighted by Gasteiger charge is 2.17. The van der Waals surface area contributed by atoms with Gasteiger partial charge in [0.25, 0.3) is 5.56 Å². The van der Waals surface area contributed by atoms with Crippen LogP contribution in [-0.2, 0) is 13.6 Å². The van der Waals surface area contributed by atoms with Gasteiger partial charge in [0, 0.05) is 7.05 Å². The average molecular weight is 529 g/mol. The van der Waals surface area contributed by atoms with Crippen molar-refractivity contribution in [3.05, 3.63) is 73.3 Å². The summed E-state index contributed by atoms with van der Waals surface area (Å²) in [6.45, 7) is 0.515. The number of rotatable bonds is 8. The number of hydrazone groups is 1. The molecule has 0 unspecified atom stereocenters. The topological polar surface area (TPSA) is 136 Å².